The lowest BCUT2D eigenvalue weighted by Gasteiger charge is -2.37. The average Bonchev–Trinajstić information content (AvgIpc) is 2.37. The summed E-state index contributed by atoms with van der Waals surface area (Å²) in [5.74, 6) is -0.570. The smallest absolute Gasteiger partial charge is 0.330 e. The lowest BCUT2D eigenvalue weighted by Crippen LogP contribution is -2.57. The first-order chi connectivity index (χ1) is 8.38. The fourth-order valence-corrected chi connectivity index (χ4v) is 2.48. The molecule has 1 saturated carbocycles. The van der Waals surface area contributed by atoms with Crippen molar-refractivity contribution in [3.63, 3.8) is 0 Å². The van der Waals surface area contributed by atoms with E-state index in [-0.39, 0.29) is 5.91 Å². The summed E-state index contributed by atoms with van der Waals surface area (Å²) in [7, 11) is 1.32. The molecule has 0 aliphatic heterocycles. The van der Waals surface area contributed by atoms with Crippen molar-refractivity contribution in [2.24, 2.45) is 11.1 Å². The van der Waals surface area contributed by atoms with Crippen LogP contribution in [0.25, 0.3) is 0 Å². The summed E-state index contributed by atoms with van der Waals surface area (Å²) in [6.45, 7) is 3.61. The molecule has 0 atom stereocenters. The summed E-state index contributed by atoms with van der Waals surface area (Å²) in [5.41, 5.74) is 4.27. The van der Waals surface area contributed by atoms with Crippen molar-refractivity contribution in [2.45, 2.75) is 51.5 Å². The van der Waals surface area contributed by atoms with E-state index in [0.717, 1.165) is 32.1 Å². The van der Waals surface area contributed by atoms with Crippen LogP contribution in [0.3, 0.4) is 0 Å². The normalized spacial score (nSPS) is 19.1. The Morgan fingerprint density at radius 3 is 2.28 bits per heavy atom. The molecule has 1 fully saturated rings. The summed E-state index contributed by atoms with van der Waals surface area (Å²) >= 11 is 0. The Kier molecular flexibility index (Phi) is 4.73. The van der Waals surface area contributed by atoms with Crippen molar-refractivity contribution in [1.29, 1.82) is 0 Å². The fourth-order valence-electron chi connectivity index (χ4n) is 2.48. The minimum Gasteiger partial charge on any atom is -0.467 e. The molecule has 3 N–H and O–H groups in total. The Balaban J connectivity index is 2.76. The molecular weight excluding hydrogens is 232 g/mol. The number of nitrogens with two attached hydrogens (primary N) is 1. The number of esters is 1. The van der Waals surface area contributed by atoms with E-state index in [1.54, 1.807) is 13.8 Å². The van der Waals surface area contributed by atoms with Gasteiger partial charge in [0.15, 0.2) is 0 Å². The molecule has 0 unspecified atom stereocenters. The van der Waals surface area contributed by atoms with Gasteiger partial charge in [-0.1, -0.05) is 19.3 Å². The van der Waals surface area contributed by atoms with Crippen LogP contribution in [0.2, 0.25) is 0 Å². The number of rotatable bonds is 4. The highest BCUT2D eigenvalue weighted by atomic mass is 16.5. The van der Waals surface area contributed by atoms with Gasteiger partial charge in [0.25, 0.3) is 0 Å². The SMILES string of the molecule is COC(=O)C(C)(C)NC(=O)C1(CN)CCCCC1. The van der Waals surface area contributed by atoms with Crippen LogP contribution in [0.1, 0.15) is 46.0 Å². The molecule has 0 aromatic rings. The van der Waals surface area contributed by atoms with E-state index in [0.29, 0.717) is 6.54 Å². The third-order valence-corrected chi connectivity index (χ3v) is 3.80. The highest BCUT2D eigenvalue weighted by Crippen LogP contribution is 2.36. The molecule has 1 aliphatic carbocycles. The zero-order chi connectivity index (χ0) is 13.8. The predicted octanol–water partition coefficient (Wildman–Crippen LogP) is 0.963. The van der Waals surface area contributed by atoms with Gasteiger partial charge in [-0.05, 0) is 26.7 Å². The van der Waals surface area contributed by atoms with E-state index >= 15 is 0 Å². The number of hydrogen-bond acceptors (Lipinski definition) is 4. The molecule has 0 heterocycles. The monoisotopic (exact) mass is 256 g/mol. The number of ether oxygens (including phenoxy) is 1. The van der Waals surface area contributed by atoms with Crippen molar-refractivity contribution < 1.29 is 14.3 Å². The van der Waals surface area contributed by atoms with Gasteiger partial charge in [0.1, 0.15) is 5.54 Å². The number of hydrogen-bond donors (Lipinski definition) is 2. The molecule has 0 saturated heterocycles. The number of methoxy groups -OCH3 is 1. The van der Waals surface area contributed by atoms with Crippen LogP contribution < -0.4 is 11.1 Å². The lowest BCUT2D eigenvalue weighted by atomic mass is 9.73. The van der Waals surface area contributed by atoms with Crippen molar-refractivity contribution in [1.82, 2.24) is 5.32 Å². The van der Waals surface area contributed by atoms with Crippen LogP contribution in [0.5, 0.6) is 0 Å². The summed E-state index contributed by atoms with van der Waals surface area (Å²) < 4.78 is 4.68. The van der Waals surface area contributed by atoms with Gasteiger partial charge in [-0.3, -0.25) is 4.79 Å². The van der Waals surface area contributed by atoms with Crippen LogP contribution in [0.15, 0.2) is 0 Å². The molecule has 104 valence electrons. The van der Waals surface area contributed by atoms with Crippen LogP contribution >= 0.6 is 0 Å². The number of carbonyl (C=O) groups is 2. The van der Waals surface area contributed by atoms with Gasteiger partial charge in [0, 0.05) is 6.54 Å². The van der Waals surface area contributed by atoms with Crippen LogP contribution in [-0.2, 0) is 14.3 Å². The summed E-state index contributed by atoms with van der Waals surface area (Å²) in [6.07, 6.45) is 4.78. The second kappa shape index (κ2) is 5.69. The fraction of sp³-hybridized carbons (Fsp3) is 0.846. The van der Waals surface area contributed by atoms with E-state index < -0.39 is 16.9 Å². The Hall–Kier alpha value is -1.10. The molecule has 1 amide bonds. The summed E-state index contributed by atoms with van der Waals surface area (Å²) in [6, 6.07) is 0. The van der Waals surface area contributed by atoms with Crippen LogP contribution in [0, 0.1) is 5.41 Å². The Morgan fingerprint density at radius 2 is 1.83 bits per heavy atom. The second-order valence-electron chi connectivity index (χ2n) is 5.62. The quantitative estimate of drug-likeness (QED) is 0.734. The third kappa shape index (κ3) is 3.02. The Bertz CT molecular complexity index is 320. The predicted molar refractivity (Wildman–Crippen MR) is 68.8 cm³/mol. The molecule has 0 spiro atoms. The van der Waals surface area contributed by atoms with Crippen molar-refractivity contribution in [2.75, 3.05) is 13.7 Å². The molecule has 18 heavy (non-hydrogen) atoms. The Labute approximate surface area is 108 Å². The van der Waals surface area contributed by atoms with Crippen molar-refractivity contribution in [3.05, 3.63) is 0 Å². The van der Waals surface area contributed by atoms with Crippen LogP contribution in [-0.4, -0.2) is 31.1 Å². The molecule has 5 heteroatoms. The largest absolute Gasteiger partial charge is 0.467 e. The summed E-state index contributed by atoms with van der Waals surface area (Å²) in [4.78, 5) is 24.0. The highest BCUT2D eigenvalue weighted by Gasteiger charge is 2.42. The zero-order valence-electron chi connectivity index (χ0n) is 11.5. The summed E-state index contributed by atoms with van der Waals surface area (Å²) in [5, 5.41) is 2.77. The van der Waals surface area contributed by atoms with Crippen LogP contribution in [0.4, 0.5) is 0 Å². The molecule has 0 bridgehead atoms. The molecule has 0 radical (unpaired) electrons. The average molecular weight is 256 g/mol. The highest BCUT2D eigenvalue weighted by molar-refractivity contribution is 5.90. The van der Waals surface area contributed by atoms with Gasteiger partial charge in [0.05, 0.1) is 12.5 Å². The molecular formula is C13H24N2O3. The standard InChI is InChI=1S/C13H24N2O3/c1-12(2,11(17)18-3)15-10(16)13(9-14)7-5-4-6-8-13/h4-9,14H2,1-3H3,(H,15,16). The zero-order valence-corrected chi connectivity index (χ0v) is 11.5. The number of amides is 1. The maximum atomic E-state index is 12.4. The molecule has 1 rings (SSSR count). The van der Waals surface area contributed by atoms with Gasteiger partial charge < -0.3 is 15.8 Å². The molecule has 0 aromatic heterocycles. The first kappa shape index (κ1) is 15.0. The van der Waals surface area contributed by atoms with Crippen molar-refractivity contribution in [3.8, 4) is 0 Å². The molecule has 1 aliphatic rings. The third-order valence-electron chi connectivity index (χ3n) is 3.80. The van der Waals surface area contributed by atoms with E-state index in [9.17, 15) is 9.59 Å². The second-order valence-corrected chi connectivity index (χ2v) is 5.62. The first-order valence-corrected chi connectivity index (χ1v) is 6.49. The maximum absolute atomic E-state index is 12.4. The molecule has 0 aromatic carbocycles. The van der Waals surface area contributed by atoms with E-state index in [1.165, 1.54) is 7.11 Å². The lowest BCUT2D eigenvalue weighted by molar-refractivity contribution is -0.151. The minimum atomic E-state index is -1.01. The number of carbonyl (C=O) groups excluding carboxylic acids is 2. The maximum Gasteiger partial charge on any atom is 0.330 e. The van der Waals surface area contributed by atoms with E-state index in [1.807, 2.05) is 0 Å². The van der Waals surface area contributed by atoms with Gasteiger partial charge in [0.2, 0.25) is 5.91 Å². The van der Waals surface area contributed by atoms with Gasteiger partial charge >= 0.3 is 5.97 Å². The van der Waals surface area contributed by atoms with E-state index in [2.05, 4.69) is 10.1 Å². The van der Waals surface area contributed by atoms with E-state index in [4.69, 9.17) is 5.73 Å². The molecule has 5 nitrogen and oxygen atoms in total. The topological polar surface area (TPSA) is 81.4 Å². The van der Waals surface area contributed by atoms with Gasteiger partial charge in [-0.2, -0.15) is 0 Å². The minimum absolute atomic E-state index is 0.125. The first-order valence-electron chi connectivity index (χ1n) is 6.49. The van der Waals surface area contributed by atoms with Gasteiger partial charge in [-0.25, -0.2) is 4.79 Å². The van der Waals surface area contributed by atoms with Crippen molar-refractivity contribution >= 4 is 11.9 Å². The van der Waals surface area contributed by atoms with Gasteiger partial charge in [-0.15, -0.1) is 0 Å². The number of nitrogens with one attached hydrogen (secondary N) is 1. The Morgan fingerprint density at radius 1 is 1.28 bits per heavy atom.